The van der Waals surface area contributed by atoms with Crippen molar-refractivity contribution >= 4 is 5.97 Å². The topological polar surface area (TPSA) is 78.7 Å². The molecule has 38 heavy (non-hydrogen) atoms. The fourth-order valence-corrected chi connectivity index (χ4v) is 4.42. The standard InChI is InChI=1S/C16H24.C14H17NO5.C2H6/c1-3-9-15(10-4-1)11-5-2-6-12-16-13-7-8-14-16;1-2-3-4-5-9-14(16)20-13-8-6-7-12(10-13)11-19-15(17)18;1-2/h1,3-4,9-10,16H,2,5-8,11-14H2;2-3,6-8,10H,4-5,9,11H2,1H3;1-2H3/b;3-2-;. The number of hydrogen-bond acceptors (Lipinski definition) is 5. The number of nitrogens with zero attached hydrogens (tertiary/aromatic N) is 1. The first-order valence-electron chi connectivity index (χ1n) is 14.3. The number of aryl methyl sites for hydroxylation is 1. The molecule has 0 atom stereocenters. The van der Waals surface area contributed by atoms with Crippen LogP contribution in [0.3, 0.4) is 0 Å². The Kier molecular flexibility index (Phi) is 18.9. The third-order valence-corrected chi connectivity index (χ3v) is 6.35. The summed E-state index contributed by atoms with van der Waals surface area (Å²) < 4.78 is 5.15. The van der Waals surface area contributed by atoms with Crippen molar-refractivity contribution < 1.29 is 19.5 Å². The van der Waals surface area contributed by atoms with Crippen LogP contribution in [0.25, 0.3) is 0 Å². The van der Waals surface area contributed by atoms with Gasteiger partial charge >= 0.3 is 5.97 Å². The van der Waals surface area contributed by atoms with Gasteiger partial charge in [0, 0.05) is 6.42 Å². The maximum Gasteiger partial charge on any atom is 0.311 e. The highest BCUT2D eigenvalue weighted by Gasteiger charge is 2.13. The Bertz CT molecular complexity index is 907. The van der Waals surface area contributed by atoms with Crippen LogP contribution in [0.5, 0.6) is 5.75 Å². The van der Waals surface area contributed by atoms with E-state index in [1.807, 2.05) is 32.9 Å². The minimum atomic E-state index is -0.861. The van der Waals surface area contributed by atoms with Gasteiger partial charge in [-0.3, -0.25) is 4.79 Å². The number of benzene rings is 2. The second kappa shape index (κ2) is 21.9. The summed E-state index contributed by atoms with van der Waals surface area (Å²) in [5, 5.41) is 9.24. The van der Waals surface area contributed by atoms with E-state index in [1.165, 1.54) is 63.4 Å². The van der Waals surface area contributed by atoms with Crippen molar-refractivity contribution in [2.75, 3.05) is 0 Å². The van der Waals surface area contributed by atoms with E-state index in [1.54, 1.807) is 24.3 Å². The molecule has 0 radical (unpaired) electrons. The molecule has 0 N–H and O–H groups in total. The van der Waals surface area contributed by atoms with E-state index < -0.39 is 5.09 Å². The number of rotatable bonds is 14. The van der Waals surface area contributed by atoms with E-state index in [0.29, 0.717) is 17.7 Å². The zero-order valence-corrected chi connectivity index (χ0v) is 23.6. The molecule has 210 valence electrons. The van der Waals surface area contributed by atoms with Crippen molar-refractivity contribution in [3.63, 3.8) is 0 Å². The number of unbranched alkanes of at least 4 members (excludes halogenated alkanes) is 3. The van der Waals surface area contributed by atoms with Gasteiger partial charge in [0.1, 0.15) is 12.4 Å². The predicted octanol–water partition coefficient (Wildman–Crippen LogP) is 9.05. The molecular formula is C32H47NO5. The van der Waals surface area contributed by atoms with Crippen molar-refractivity contribution in [3.05, 3.63) is 88.0 Å². The molecular weight excluding hydrogens is 478 g/mol. The van der Waals surface area contributed by atoms with E-state index in [-0.39, 0.29) is 12.6 Å². The van der Waals surface area contributed by atoms with E-state index in [4.69, 9.17) is 4.74 Å². The van der Waals surface area contributed by atoms with Gasteiger partial charge in [0.2, 0.25) is 0 Å². The van der Waals surface area contributed by atoms with E-state index >= 15 is 0 Å². The van der Waals surface area contributed by atoms with Gasteiger partial charge in [-0.2, -0.15) is 0 Å². The first-order valence-corrected chi connectivity index (χ1v) is 14.3. The summed E-state index contributed by atoms with van der Waals surface area (Å²) in [7, 11) is 0. The average molecular weight is 526 g/mol. The van der Waals surface area contributed by atoms with E-state index in [2.05, 4.69) is 35.2 Å². The molecule has 0 amide bonds. The molecule has 6 heteroatoms. The molecule has 0 spiro atoms. The van der Waals surface area contributed by atoms with Crippen LogP contribution in [0.1, 0.15) is 103 Å². The normalized spacial score (nSPS) is 12.7. The minimum Gasteiger partial charge on any atom is -0.427 e. The molecule has 0 aromatic heterocycles. The lowest BCUT2D eigenvalue weighted by atomic mass is 9.98. The highest BCUT2D eigenvalue weighted by molar-refractivity contribution is 5.72. The van der Waals surface area contributed by atoms with Crippen LogP contribution in [0, 0.1) is 16.0 Å². The summed E-state index contributed by atoms with van der Waals surface area (Å²) in [6, 6.07) is 17.4. The lowest BCUT2D eigenvalue weighted by Crippen LogP contribution is -2.08. The summed E-state index contributed by atoms with van der Waals surface area (Å²) in [6.45, 7) is 5.76. The Morgan fingerprint density at radius 1 is 0.974 bits per heavy atom. The molecule has 3 rings (SSSR count). The maximum absolute atomic E-state index is 11.6. The lowest BCUT2D eigenvalue weighted by Gasteiger charge is -2.07. The summed E-state index contributed by atoms with van der Waals surface area (Å²) in [5.41, 5.74) is 2.07. The molecule has 0 aliphatic heterocycles. The van der Waals surface area contributed by atoms with Gasteiger partial charge in [-0.1, -0.05) is 113 Å². The van der Waals surface area contributed by atoms with Crippen molar-refractivity contribution in [3.8, 4) is 5.75 Å². The molecule has 1 fully saturated rings. The molecule has 0 heterocycles. The first kappa shape index (κ1) is 32.9. The number of carbonyl (C=O) groups is 1. The van der Waals surface area contributed by atoms with Gasteiger partial charge in [-0.05, 0) is 61.8 Å². The van der Waals surface area contributed by atoms with Crippen LogP contribution < -0.4 is 4.74 Å². The number of carbonyl (C=O) groups excluding carboxylic acids is 1. The summed E-state index contributed by atoms with van der Waals surface area (Å²) >= 11 is 0. The maximum atomic E-state index is 11.6. The number of allylic oxidation sites excluding steroid dienone is 2. The van der Waals surface area contributed by atoms with Crippen LogP contribution in [0.4, 0.5) is 0 Å². The zero-order chi connectivity index (χ0) is 27.8. The SMILES string of the molecule is C/C=C\CCCC(=O)Oc1cccc(CO[N+](=O)[O-])c1.CC.c1ccc(CCCCCC2CCCC2)cc1. The van der Waals surface area contributed by atoms with Crippen LogP contribution in [0.2, 0.25) is 0 Å². The average Bonchev–Trinajstić information content (AvgIpc) is 3.46. The van der Waals surface area contributed by atoms with Crippen LogP contribution in [-0.4, -0.2) is 11.1 Å². The molecule has 0 saturated heterocycles. The van der Waals surface area contributed by atoms with E-state index in [0.717, 1.165) is 18.8 Å². The summed E-state index contributed by atoms with van der Waals surface area (Å²) in [4.78, 5) is 25.9. The Hall–Kier alpha value is -3.15. The Morgan fingerprint density at radius 2 is 1.68 bits per heavy atom. The van der Waals surface area contributed by atoms with Crippen molar-refractivity contribution in [1.29, 1.82) is 0 Å². The first-order chi connectivity index (χ1) is 18.6. The number of esters is 1. The Morgan fingerprint density at radius 3 is 2.37 bits per heavy atom. The Balaban J connectivity index is 0.000000363. The molecule has 2 aromatic carbocycles. The molecule has 0 bridgehead atoms. The molecule has 1 saturated carbocycles. The molecule has 2 aromatic rings. The smallest absolute Gasteiger partial charge is 0.311 e. The van der Waals surface area contributed by atoms with Crippen molar-refractivity contribution in [2.45, 2.75) is 104 Å². The quantitative estimate of drug-likeness (QED) is 0.0614. The lowest BCUT2D eigenvalue weighted by molar-refractivity contribution is -0.763. The monoisotopic (exact) mass is 525 g/mol. The second-order valence-corrected chi connectivity index (χ2v) is 9.32. The van der Waals surface area contributed by atoms with Gasteiger partial charge < -0.3 is 9.57 Å². The van der Waals surface area contributed by atoms with Gasteiger partial charge in [0.25, 0.3) is 5.09 Å². The molecule has 0 unspecified atom stereocenters. The molecule has 6 nitrogen and oxygen atoms in total. The van der Waals surface area contributed by atoms with E-state index in [9.17, 15) is 14.9 Å². The predicted molar refractivity (Wildman–Crippen MR) is 154 cm³/mol. The third kappa shape index (κ3) is 16.6. The third-order valence-electron chi connectivity index (χ3n) is 6.35. The second-order valence-electron chi connectivity index (χ2n) is 9.32. The number of ether oxygens (including phenoxy) is 1. The van der Waals surface area contributed by atoms with Crippen LogP contribution >= 0.6 is 0 Å². The summed E-state index contributed by atoms with van der Waals surface area (Å²) in [6.07, 6.45) is 18.9. The zero-order valence-electron chi connectivity index (χ0n) is 23.6. The van der Waals surface area contributed by atoms with Crippen molar-refractivity contribution in [1.82, 2.24) is 0 Å². The van der Waals surface area contributed by atoms with Gasteiger partial charge in [-0.15, -0.1) is 10.1 Å². The van der Waals surface area contributed by atoms with Crippen LogP contribution in [-0.2, 0) is 22.7 Å². The van der Waals surface area contributed by atoms with Crippen molar-refractivity contribution in [2.24, 2.45) is 5.92 Å². The number of hydrogen-bond donors (Lipinski definition) is 0. The van der Waals surface area contributed by atoms with Gasteiger partial charge in [-0.25, -0.2) is 0 Å². The van der Waals surface area contributed by atoms with Gasteiger partial charge in [0.15, 0.2) is 0 Å². The largest absolute Gasteiger partial charge is 0.427 e. The Labute approximate surface area is 229 Å². The molecule has 1 aliphatic rings. The minimum absolute atomic E-state index is 0.167. The van der Waals surface area contributed by atoms with Crippen LogP contribution in [0.15, 0.2) is 66.7 Å². The molecule has 1 aliphatic carbocycles. The van der Waals surface area contributed by atoms with Gasteiger partial charge in [0.05, 0.1) is 0 Å². The fourth-order valence-electron chi connectivity index (χ4n) is 4.42. The summed E-state index contributed by atoms with van der Waals surface area (Å²) in [5.74, 6) is 1.13. The highest BCUT2D eigenvalue weighted by Crippen LogP contribution is 2.29. The highest BCUT2D eigenvalue weighted by atomic mass is 16.9. The fraction of sp³-hybridized carbons (Fsp3) is 0.531.